The van der Waals surface area contributed by atoms with Gasteiger partial charge in [0.1, 0.15) is 0 Å². The Balaban J connectivity index is -0.000000112. The molecule has 0 aliphatic heterocycles. The Morgan fingerprint density at radius 1 is 1.00 bits per heavy atom. The molecule has 0 aromatic heterocycles. The lowest BCUT2D eigenvalue weighted by Gasteiger charge is -1.89. The molecule has 12 heavy (non-hydrogen) atoms. The van der Waals surface area contributed by atoms with Crippen molar-refractivity contribution < 1.29 is 0 Å². The zero-order valence-electron chi connectivity index (χ0n) is 9.85. The fraction of sp³-hybridized carbons (Fsp3) is 1.00. The summed E-state index contributed by atoms with van der Waals surface area (Å²) in [7, 11) is 0. The average Bonchev–Trinajstić information content (AvgIpc) is 2.10. The summed E-state index contributed by atoms with van der Waals surface area (Å²) in [5, 5.41) is 0.579. The molecule has 0 fully saturated rings. The Bertz CT molecular complexity index is 40.3. The third kappa shape index (κ3) is 47.8. The van der Waals surface area contributed by atoms with Crippen LogP contribution in [0, 0.1) is 0 Å². The summed E-state index contributed by atoms with van der Waals surface area (Å²) in [5.74, 6) is 0. The van der Waals surface area contributed by atoms with Gasteiger partial charge >= 0.3 is 0 Å². The molecule has 0 spiro atoms. The molecular weight excluding hydrogens is 164 g/mol. The standard InChI is InChI=1S/C5H12.C4H10S.C2H6/c1-3-5-4-2;1-3-4(2)5;1-2/h3-5H2,1-2H3;4-5H,3H2,1-2H3;1-2H3. The predicted octanol–water partition coefficient (Wildman–Crippen LogP) is 4.94. The first kappa shape index (κ1) is 18.2. The van der Waals surface area contributed by atoms with Crippen LogP contribution < -0.4 is 0 Å². The molecule has 0 rings (SSSR count). The van der Waals surface area contributed by atoms with Crippen molar-refractivity contribution in [3.8, 4) is 0 Å². The van der Waals surface area contributed by atoms with E-state index >= 15 is 0 Å². The number of rotatable bonds is 3. The smallest absolute Gasteiger partial charge is 0.00142 e. The van der Waals surface area contributed by atoms with Crippen LogP contribution in [0.1, 0.15) is 67.2 Å². The molecule has 0 nitrogen and oxygen atoms in total. The lowest BCUT2D eigenvalue weighted by Crippen LogP contribution is -1.81. The van der Waals surface area contributed by atoms with E-state index in [1.54, 1.807) is 0 Å². The maximum absolute atomic E-state index is 4.10. The number of hydrogen-bond donors (Lipinski definition) is 1. The summed E-state index contributed by atoms with van der Waals surface area (Å²) in [5.41, 5.74) is 0. The van der Waals surface area contributed by atoms with Crippen molar-refractivity contribution in [2.24, 2.45) is 0 Å². The Morgan fingerprint density at radius 3 is 1.25 bits per heavy atom. The third-order valence-corrected chi connectivity index (χ3v) is 1.66. The van der Waals surface area contributed by atoms with Crippen LogP contribution in [0.5, 0.6) is 0 Å². The van der Waals surface area contributed by atoms with Gasteiger partial charge in [0.25, 0.3) is 0 Å². The van der Waals surface area contributed by atoms with Crippen LogP contribution in [0.4, 0.5) is 0 Å². The van der Waals surface area contributed by atoms with E-state index in [0.717, 1.165) is 0 Å². The van der Waals surface area contributed by atoms with Gasteiger partial charge in [0.05, 0.1) is 0 Å². The topological polar surface area (TPSA) is 0 Å². The van der Waals surface area contributed by atoms with Gasteiger partial charge in [0.15, 0.2) is 0 Å². The maximum Gasteiger partial charge on any atom is -0.00142 e. The van der Waals surface area contributed by atoms with E-state index in [0.29, 0.717) is 5.25 Å². The number of unbranched alkanes of at least 4 members (excludes halogenated alkanes) is 2. The van der Waals surface area contributed by atoms with Gasteiger partial charge in [-0.2, -0.15) is 12.6 Å². The second-order valence-electron chi connectivity index (χ2n) is 2.61. The molecule has 0 N–H and O–H groups in total. The first-order chi connectivity index (χ1) is 5.68. The summed E-state index contributed by atoms with van der Waals surface area (Å²) in [4.78, 5) is 0. The van der Waals surface area contributed by atoms with Gasteiger partial charge < -0.3 is 0 Å². The highest BCUT2D eigenvalue weighted by Gasteiger charge is 1.81. The van der Waals surface area contributed by atoms with Gasteiger partial charge in [0.2, 0.25) is 0 Å². The first-order valence-corrected chi connectivity index (χ1v) is 5.88. The minimum absolute atomic E-state index is 0.579. The molecule has 0 aromatic carbocycles. The lowest BCUT2D eigenvalue weighted by atomic mass is 10.3. The number of hydrogen-bond acceptors (Lipinski definition) is 1. The molecule has 78 valence electrons. The van der Waals surface area contributed by atoms with Gasteiger partial charge in [0, 0.05) is 0 Å². The Labute approximate surface area is 85.6 Å². The molecule has 0 saturated carbocycles. The summed E-state index contributed by atoms with van der Waals surface area (Å²) in [6, 6.07) is 0. The lowest BCUT2D eigenvalue weighted by molar-refractivity contribution is 0.772. The second-order valence-corrected chi connectivity index (χ2v) is 3.49. The third-order valence-electron chi connectivity index (χ3n) is 1.30. The molecule has 0 aliphatic carbocycles. The van der Waals surface area contributed by atoms with Crippen molar-refractivity contribution in [3.63, 3.8) is 0 Å². The van der Waals surface area contributed by atoms with Crippen LogP contribution in [0.3, 0.4) is 0 Å². The molecular formula is C11H28S. The SMILES string of the molecule is CC.CCC(C)S.CCCCC. The van der Waals surface area contributed by atoms with E-state index in [4.69, 9.17) is 0 Å². The van der Waals surface area contributed by atoms with Crippen molar-refractivity contribution in [2.45, 2.75) is 72.5 Å². The molecule has 0 heterocycles. The van der Waals surface area contributed by atoms with Crippen LogP contribution in [0.2, 0.25) is 0 Å². The molecule has 1 unspecified atom stereocenters. The molecule has 1 heteroatoms. The zero-order valence-corrected chi connectivity index (χ0v) is 10.7. The summed E-state index contributed by atoms with van der Waals surface area (Å²) in [6.07, 6.45) is 5.25. The van der Waals surface area contributed by atoms with E-state index < -0.39 is 0 Å². The highest BCUT2D eigenvalue weighted by molar-refractivity contribution is 7.80. The summed E-state index contributed by atoms with van der Waals surface area (Å²) < 4.78 is 0. The Kier molecular flexibility index (Phi) is 34.1. The van der Waals surface area contributed by atoms with Crippen molar-refractivity contribution in [2.75, 3.05) is 0 Å². The van der Waals surface area contributed by atoms with Gasteiger partial charge in [-0.25, -0.2) is 0 Å². The van der Waals surface area contributed by atoms with E-state index in [-0.39, 0.29) is 0 Å². The quantitative estimate of drug-likeness (QED) is 0.602. The largest absolute Gasteiger partial charge is 0.176 e. The molecule has 0 saturated heterocycles. The van der Waals surface area contributed by atoms with E-state index in [9.17, 15) is 0 Å². The van der Waals surface area contributed by atoms with Crippen molar-refractivity contribution in [3.05, 3.63) is 0 Å². The van der Waals surface area contributed by atoms with Gasteiger partial charge in [-0.15, -0.1) is 0 Å². The zero-order chi connectivity index (χ0) is 10.4. The molecule has 0 aromatic rings. The Hall–Kier alpha value is 0.350. The highest BCUT2D eigenvalue weighted by atomic mass is 32.1. The molecule has 0 bridgehead atoms. The molecule has 0 aliphatic rings. The number of thiol groups is 1. The minimum Gasteiger partial charge on any atom is -0.176 e. The van der Waals surface area contributed by atoms with Crippen molar-refractivity contribution in [1.29, 1.82) is 0 Å². The minimum atomic E-state index is 0.579. The van der Waals surface area contributed by atoms with Crippen LogP contribution in [-0.4, -0.2) is 5.25 Å². The predicted molar refractivity (Wildman–Crippen MR) is 65.3 cm³/mol. The van der Waals surface area contributed by atoms with Crippen LogP contribution >= 0.6 is 12.6 Å². The van der Waals surface area contributed by atoms with E-state index in [1.165, 1.54) is 25.7 Å². The van der Waals surface area contributed by atoms with Gasteiger partial charge in [-0.3, -0.25) is 0 Å². The molecule has 1 atom stereocenters. The monoisotopic (exact) mass is 192 g/mol. The maximum atomic E-state index is 4.10. The van der Waals surface area contributed by atoms with Crippen LogP contribution in [-0.2, 0) is 0 Å². The van der Waals surface area contributed by atoms with Crippen LogP contribution in [0.15, 0.2) is 0 Å². The normalized spacial score (nSPS) is 10.2. The van der Waals surface area contributed by atoms with Gasteiger partial charge in [-0.1, -0.05) is 60.8 Å². The van der Waals surface area contributed by atoms with Crippen LogP contribution in [0.25, 0.3) is 0 Å². The van der Waals surface area contributed by atoms with Crippen molar-refractivity contribution in [1.82, 2.24) is 0 Å². The molecule has 0 amide bonds. The fourth-order valence-electron chi connectivity index (χ4n) is 0.354. The highest BCUT2D eigenvalue weighted by Crippen LogP contribution is 1.94. The summed E-state index contributed by atoms with van der Waals surface area (Å²) in [6.45, 7) is 12.6. The van der Waals surface area contributed by atoms with Crippen molar-refractivity contribution >= 4 is 12.6 Å². The Morgan fingerprint density at radius 2 is 1.25 bits per heavy atom. The second kappa shape index (κ2) is 22.5. The van der Waals surface area contributed by atoms with E-state index in [2.05, 4.69) is 40.3 Å². The average molecular weight is 192 g/mol. The molecule has 0 radical (unpaired) electrons. The first-order valence-electron chi connectivity index (χ1n) is 5.37. The van der Waals surface area contributed by atoms with E-state index in [1.807, 2.05) is 13.8 Å². The van der Waals surface area contributed by atoms with Gasteiger partial charge in [-0.05, 0) is 11.7 Å². The summed E-state index contributed by atoms with van der Waals surface area (Å²) >= 11 is 4.10. The fourth-order valence-corrected chi connectivity index (χ4v) is 0.354.